The second-order valence-electron chi connectivity index (χ2n) is 11.5. The van der Waals surface area contributed by atoms with Crippen LogP contribution in [0.25, 0.3) is 0 Å². The topological polar surface area (TPSA) is 155 Å². The number of thiazole rings is 1. The molecule has 2 aromatic rings. The molecule has 0 aliphatic rings. The molecule has 1 aromatic heterocycles. The lowest BCUT2D eigenvalue weighted by molar-refractivity contribution is -0.114. The Kier molecular flexibility index (Phi) is 10.1. The Labute approximate surface area is 239 Å². The summed E-state index contributed by atoms with van der Waals surface area (Å²) >= 11 is 1.13. The first-order valence-corrected chi connectivity index (χ1v) is 13.5. The number of benzene rings is 1. The molecule has 0 aliphatic carbocycles. The molecule has 0 saturated carbocycles. The third kappa shape index (κ3) is 8.31. The van der Waals surface area contributed by atoms with Crippen molar-refractivity contribution in [1.82, 2.24) is 19.7 Å². The van der Waals surface area contributed by atoms with Gasteiger partial charge in [-0.1, -0.05) is 23.5 Å². The highest BCUT2D eigenvalue weighted by molar-refractivity contribution is 7.17. The van der Waals surface area contributed by atoms with Gasteiger partial charge < -0.3 is 25.7 Å². The summed E-state index contributed by atoms with van der Waals surface area (Å²) in [6.07, 6.45) is -2.73. The van der Waals surface area contributed by atoms with Crippen LogP contribution in [0.1, 0.15) is 69.4 Å². The molecule has 0 spiro atoms. The van der Waals surface area contributed by atoms with E-state index in [4.69, 9.17) is 0 Å². The summed E-state index contributed by atoms with van der Waals surface area (Å²) in [6.45, 7) is 11.6. The first-order valence-electron chi connectivity index (χ1n) is 12.7. The van der Waals surface area contributed by atoms with E-state index in [9.17, 15) is 29.4 Å². The molecule has 0 bridgehead atoms. The molecule has 12 nitrogen and oxygen atoms in total. The Balaban J connectivity index is 2.33. The van der Waals surface area contributed by atoms with Crippen molar-refractivity contribution in [3.05, 3.63) is 40.4 Å². The number of nitrogens with zero attached hydrogens (tertiary/aromatic N) is 4. The van der Waals surface area contributed by atoms with Crippen molar-refractivity contribution in [1.29, 1.82) is 0 Å². The van der Waals surface area contributed by atoms with Crippen LogP contribution in [0.2, 0.25) is 0 Å². The number of hydrogen-bond acceptors (Lipinski definition) is 7. The number of carbonyl (C=O) groups is 4. The highest BCUT2D eigenvalue weighted by Gasteiger charge is 2.43. The summed E-state index contributed by atoms with van der Waals surface area (Å²) in [4.78, 5) is 57.3. The lowest BCUT2D eigenvalue weighted by atomic mass is 10.0. The van der Waals surface area contributed by atoms with Crippen LogP contribution < -0.4 is 10.6 Å². The van der Waals surface area contributed by atoms with E-state index in [0.717, 1.165) is 26.7 Å². The van der Waals surface area contributed by atoms with E-state index in [-0.39, 0.29) is 11.8 Å². The number of rotatable bonds is 9. The third-order valence-electron chi connectivity index (χ3n) is 5.83. The van der Waals surface area contributed by atoms with Gasteiger partial charge in [0.05, 0.1) is 5.69 Å². The van der Waals surface area contributed by atoms with E-state index in [0.29, 0.717) is 34.2 Å². The molecule has 220 valence electrons. The fourth-order valence-electron chi connectivity index (χ4n) is 4.04. The quantitative estimate of drug-likeness (QED) is 0.309. The molecule has 0 radical (unpaired) electrons. The van der Waals surface area contributed by atoms with E-state index in [2.05, 4.69) is 15.6 Å². The van der Waals surface area contributed by atoms with Gasteiger partial charge >= 0.3 is 12.2 Å². The Hall–Kier alpha value is -3.87. The minimum atomic E-state index is -1.26. The molecule has 2 rings (SSSR count). The lowest BCUT2D eigenvalue weighted by Gasteiger charge is -2.48. The van der Waals surface area contributed by atoms with Gasteiger partial charge in [-0.25, -0.2) is 14.6 Å². The monoisotopic (exact) mass is 576 g/mol. The Morgan fingerprint density at radius 2 is 1.40 bits per heavy atom. The summed E-state index contributed by atoms with van der Waals surface area (Å²) < 4.78 is 0. The van der Waals surface area contributed by atoms with Gasteiger partial charge in [0.25, 0.3) is 5.91 Å². The molecule has 4 N–H and O–H groups in total. The van der Waals surface area contributed by atoms with Crippen LogP contribution >= 0.6 is 11.3 Å². The van der Waals surface area contributed by atoms with Crippen molar-refractivity contribution in [2.24, 2.45) is 0 Å². The summed E-state index contributed by atoms with van der Waals surface area (Å²) in [7, 11) is 3.30. The van der Waals surface area contributed by atoms with Crippen molar-refractivity contribution >= 4 is 46.2 Å². The fraction of sp³-hybridized carbons (Fsp3) is 0.519. The third-order valence-corrected chi connectivity index (χ3v) is 6.83. The average Bonchev–Trinajstić information content (AvgIpc) is 3.17. The number of nitrogens with one attached hydrogen (secondary N) is 2. The van der Waals surface area contributed by atoms with Crippen molar-refractivity contribution in [2.45, 2.75) is 78.7 Å². The van der Waals surface area contributed by atoms with Crippen molar-refractivity contribution in [3.8, 4) is 0 Å². The zero-order valence-electron chi connectivity index (χ0n) is 24.5. The van der Waals surface area contributed by atoms with Crippen molar-refractivity contribution in [3.63, 3.8) is 0 Å². The predicted octanol–water partition coefficient (Wildman–Crippen LogP) is 4.84. The summed E-state index contributed by atoms with van der Waals surface area (Å²) in [5.74, 6) is -0.468. The van der Waals surface area contributed by atoms with Gasteiger partial charge in [-0.3, -0.25) is 19.4 Å². The van der Waals surface area contributed by atoms with Crippen LogP contribution in [0.5, 0.6) is 0 Å². The smallest absolute Gasteiger partial charge is 0.410 e. The number of anilines is 2. The van der Waals surface area contributed by atoms with Gasteiger partial charge in [-0.2, -0.15) is 0 Å². The maximum absolute atomic E-state index is 12.7. The summed E-state index contributed by atoms with van der Waals surface area (Å²) in [5, 5.41) is 26.2. The Morgan fingerprint density at radius 3 is 1.80 bits per heavy atom. The molecule has 0 unspecified atom stereocenters. The molecule has 1 heterocycles. The zero-order chi connectivity index (χ0) is 30.6. The number of carboxylic acid groups (broad SMARTS) is 2. The van der Waals surface area contributed by atoms with Crippen LogP contribution in [0.15, 0.2) is 24.3 Å². The van der Waals surface area contributed by atoms with E-state index < -0.39 is 29.6 Å². The van der Waals surface area contributed by atoms with E-state index in [1.54, 1.807) is 67.8 Å². The molecule has 0 saturated heterocycles. The number of amides is 4. The maximum atomic E-state index is 12.7. The van der Waals surface area contributed by atoms with Crippen LogP contribution in [-0.2, 0) is 17.6 Å². The van der Waals surface area contributed by atoms with Gasteiger partial charge in [0, 0.05) is 37.8 Å². The summed E-state index contributed by atoms with van der Waals surface area (Å²) in [5.41, 5.74) is 0.224. The Morgan fingerprint density at radius 1 is 0.900 bits per heavy atom. The minimum absolute atomic E-state index is 0.196. The minimum Gasteiger partial charge on any atom is -0.465 e. The van der Waals surface area contributed by atoms with Gasteiger partial charge in [0.15, 0.2) is 11.4 Å². The van der Waals surface area contributed by atoms with Gasteiger partial charge in [0.2, 0.25) is 5.91 Å². The standard InChI is InChI=1S/C27H40N6O6S/c1-16(34)28-22-30-19(20(40-22)21(35)31(8)9)15-12-17-10-13-18(14-11-17)29-23(32(24(36)37)26(2,3)4)33(25(38)39)27(5,6)7/h10-11,13-14,23,29H,12,15H2,1-9H3,(H,36,37)(H,38,39)(H,28,30,34). The van der Waals surface area contributed by atoms with Crippen molar-refractivity contribution in [2.75, 3.05) is 24.7 Å². The highest BCUT2D eigenvalue weighted by Crippen LogP contribution is 2.28. The highest BCUT2D eigenvalue weighted by atomic mass is 32.1. The van der Waals surface area contributed by atoms with Gasteiger partial charge in [-0.05, 0) is 72.1 Å². The number of carbonyl (C=O) groups excluding carboxylic acids is 2. The fourth-order valence-corrected chi connectivity index (χ4v) is 5.12. The predicted molar refractivity (Wildman–Crippen MR) is 155 cm³/mol. The molecular weight excluding hydrogens is 536 g/mol. The van der Waals surface area contributed by atoms with Crippen molar-refractivity contribution < 1.29 is 29.4 Å². The van der Waals surface area contributed by atoms with Crippen LogP contribution in [0.4, 0.5) is 20.4 Å². The van der Waals surface area contributed by atoms with E-state index in [1.807, 2.05) is 12.1 Å². The maximum Gasteiger partial charge on any atom is 0.410 e. The first-order chi connectivity index (χ1) is 18.3. The van der Waals surface area contributed by atoms with E-state index in [1.165, 1.54) is 11.8 Å². The van der Waals surface area contributed by atoms with Crippen LogP contribution in [0, 0.1) is 0 Å². The van der Waals surface area contributed by atoms with E-state index >= 15 is 0 Å². The largest absolute Gasteiger partial charge is 0.465 e. The first kappa shape index (κ1) is 32.3. The molecule has 40 heavy (non-hydrogen) atoms. The second-order valence-corrected chi connectivity index (χ2v) is 12.5. The van der Waals surface area contributed by atoms with Crippen LogP contribution in [0.3, 0.4) is 0 Å². The molecule has 4 amide bonds. The van der Waals surface area contributed by atoms with Crippen LogP contribution in [-0.4, -0.2) is 85.4 Å². The lowest BCUT2D eigenvalue weighted by Crippen LogP contribution is -2.66. The molecule has 0 fully saturated rings. The number of hydrogen-bond donors (Lipinski definition) is 4. The SMILES string of the molecule is CC(=O)Nc1nc(CCc2ccc(NC(N(C(=O)O)C(C)(C)C)N(C(=O)O)C(C)(C)C)cc2)c(C(=O)N(C)C)s1. The molecule has 0 atom stereocenters. The molecule has 13 heteroatoms. The normalized spacial score (nSPS) is 11.7. The Bertz CT molecular complexity index is 1200. The number of aryl methyl sites for hydroxylation is 2. The molecule has 0 aliphatic heterocycles. The summed E-state index contributed by atoms with van der Waals surface area (Å²) in [6, 6.07) is 7.20. The van der Waals surface area contributed by atoms with Gasteiger partial charge in [0.1, 0.15) is 4.88 Å². The molecule has 1 aromatic carbocycles. The number of aromatic nitrogens is 1. The zero-order valence-corrected chi connectivity index (χ0v) is 25.3. The molecular formula is C27H40N6O6S. The van der Waals surface area contributed by atoms with Gasteiger partial charge in [-0.15, -0.1) is 0 Å². The second kappa shape index (κ2) is 12.5. The average molecular weight is 577 g/mol.